The molecule has 18 heavy (non-hydrogen) atoms. The SMILES string of the molecule is C(CCC1CCOCC1)CNCC1CCCOC1. The Hall–Kier alpha value is -0.120. The van der Waals surface area contributed by atoms with Crippen LogP contribution in [0.5, 0.6) is 0 Å². The van der Waals surface area contributed by atoms with Crippen molar-refractivity contribution in [2.24, 2.45) is 11.8 Å². The zero-order valence-corrected chi connectivity index (χ0v) is 11.7. The molecule has 2 heterocycles. The lowest BCUT2D eigenvalue weighted by Crippen LogP contribution is -2.29. The maximum Gasteiger partial charge on any atom is 0.0506 e. The van der Waals surface area contributed by atoms with Gasteiger partial charge in [-0.2, -0.15) is 0 Å². The monoisotopic (exact) mass is 255 g/mol. The molecule has 2 aliphatic heterocycles. The van der Waals surface area contributed by atoms with Crippen LogP contribution in [0.3, 0.4) is 0 Å². The fourth-order valence-corrected chi connectivity index (χ4v) is 2.99. The Morgan fingerprint density at radius 3 is 2.56 bits per heavy atom. The van der Waals surface area contributed by atoms with Gasteiger partial charge in [0, 0.05) is 26.4 Å². The molecular formula is C15H29NO2. The molecule has 106 valence electrons. The third kappa shape index (κ3) is 5.68. The van der Waals surface area contributed by atoms with Crippen LogP contribution >= 0.6 is 0 Å². The zero-order valence-electron chi connectivity index (χ0n) is 11.7. The first kappa shape index (κ1) is 14.3. The van der Waals surface area contributed by atoms with Crippen molar-refractivity contribution in [1.82, 2.24) is 5.32 Å². The van der Waals surface area contributed by atoms with Gasteiger partial charge in [-0.25, -0.2) is 0 Å². The molecule has 1 atom stereocenters. The smallest absolute Gasteiger partial charge is 0.0506 e. The van der Waals surface area contributed by atoms with Gasteiger partial charge in [0.25, 0.3) is 0 Å². The van der Waals surface area contributed by atoms with Crippen molar-refractivity contribution in [3.63, 3.8) is 0 Å². The minimum Gasteiger partial charge on any atom is -0.381 e. The maximum atomic E-state index is 5.49. The summed E-state index contributed by atoms with van der Waals surface area (Å²) in [4.78, 5) is 0. The molecule has 3 heteroatoms. The van der Waals surface area contributed by atoms with Crippen molar-refractivity contribution in [3.05, 3.63) is 0 Å². The molecular weight excluding hydrogens is 226 g/mol. The highest BCUT2D eigenvalue weighted by Crippen LogP contribution is 2.20. The van der Waals surface area contributed by atoms with Crippen molar-refractivity contribution >= 4 is 0 Å². The number of hydrogen-bond acceptors (Lipinski definition) is 3. The van der Waals surface area contributed by atoms with Crippen molar-refractivity contribution in [2.75, 3.05) is 39.5 Å². The van der Waals surface area contributed by atoms with Crippen molar-refractivity contribution < 1.29 is 9.47 Å². The molecule has 2 aliphatic rings. The Morgan fingerprint density at radius 2 is 1.78 bits per heavy atom. The standard InChI is InChI=1S/C15H29NO2/c1(4-14-6-10-17-11-7-14)2-8-16-12-15-5-3-9-18-13-15/h14-16H,1-13H2. The van der Waals surface area contributed by atoms with E-state index >= 15 is 0 Å². The molecule has 2 fully saturated rings. The van der Waals surface area contributed by atoms with Gasteiger partial charge < -0.3 is 14.8 Å². The van der Waals surface area contributed by atoms with Crippen molar-refractivity contribution in [1.29, 1.82) is 0 Å². The van der Waals surface area contributed by atoms with Gasteiger partial charge in [-0.1, -0.05) is 12.8 Å². The van der Waals surface area contributed by atoms with Crippen LogP contribution < -0.4 is 5.32 Å². The first-order chi connectivity index (χ1) is 8.95. The van der Waals surface area contributed by atoms with Gasteiger partial charge in [-0.3, -0.25) is 0 Å². The van der Waals surface area contributed by atoms with Crippen molar-refractivity contribution in [3.8, 4) is 0 Å². The Labute approximate surface area is 112 Å². The van der Waals surface area contributed by atoms with E-state index in [9.17, 15) is 0 Å². The van der Waals surface area contributed by atoms with Gasteiger partial charge >= 0.3 is 0 Å². The van der Waals surface area contributed by atoms with Crippen LogP contribution in [-0.2, 0) is 9.47 Å². The van der Waals surface area contributed by atoms with E-state index in [1.165, 1.54) is 51.5 Å². The van der Waals surface area contributed by atoms with E-state index in [2.05, 4.69) is 5.32 Å². The molecule has 0 saturated carbocycles. The van der Waals surface area contributed by atoms with Gasteiger partial charge in [0.05, 0.1) is 6.61 Å². The normalized spacial score (nSPS) is 26.3. The fraction of sp³-hybridized carbons (Fsp3) is 1.00. The lowest BCUT2D eigenvalue weighted by molar-refractivity contribution is 0.0547. The number of unbranched alkanes of at least 4 members (excludes halogenated alkanes) is 1. The van der Waals surface area contributed by atoms with Crippen LogP contribution in [-0.4, -0.2) is 39.5 Å². The van der Waals surface area contributed by atoms with Gasteiger partial charge in [0.15, 0.2) is 0 Å². The topological polar surface area (TPSA) is 30.5 Å². The maximum absolute atomic E-state index is 5.49. The highest BCUT2D eigenvalue weighted by molar-refractivity contribution is 4.67. The van der Waals surface area contributed by atoms with Crippen LogP contribution in [0.15, 0.2) is 0 Å². The molecule has 0 aromatic carbocycles. The van der Waals surface area contributed by atoms with Crippen LogP contribution in [0.25, 0.3) is 0 Å². The third-order valence-corrected chi connectivity index (χ3v) is 4.24. The average molecular weight is 255 g/mol. The van der Waals surface area contributed by atoms with Crippen LogP contribution in [0, 0.1) is 11.8 Å². The summed E-state index contributed by atoms with van der Waals surface area (Å²) in [5, 5.41) is 3.59. The highest BCUT2D eigenvalue weighted by Gasteiger charge is 2.14. The Balaban J connectivity index is 1.39. The van der Waals surface area contributed by atoms with Gasteiger partial charge in [-0.05, 0) is 50.5 Å². The number of hydrogen-bond donors (Lipinski definition) is 1. The average Bonchev–Trinajstić information content (AvgIpc) is 2.45. The molecule has 0 radical (unpaired) electrons. The molecule has 0 aliphatic carbocycles. The highest BCUT2D eigenvalue weighted by atomic mass is 16.5. The second kappa shape index (κ2) is 8.89. The summed E-state index contributed by atoms with van der Waals surface area (Å²) in [7, 11) is 0. The molecule has 3 nitrogen and oxygen atoms in total. The molecule has 2 saturated heterocycles. The van der Waals surface area contributed by atoms with E-state index in [4.69, 9.17) is 9.47 Å². The number of ether oxygens (including phenoxy) is 2. The molecule has 2 rings (SSSR count). The van der Waals surface area contributed by atoms with E-state index in [-0.39, 0.29) is 0 Å². The lowest BCUT2D eigenvalue weighted by Gasteiger charge is -2.23. The molecule has 1 N–H and O–H groups in total. The predicted octanol–water partition coefficient (Wildman–Crippen LogP) is 2.60. The van der Waals surface area contributed by atoms with Crippen LogP contribution in [0.1, 0.15) is 44.9 Å². The van der Waals surface area contributed by atoms with E-state index in [1.54, 1.807) is 0 Å². The Bertz CT molecular complexity index is 177. The quantitative estimate of drug-likeness (QED) is 0.709. The van der Waals surface area contributed by atoms with Crippen LogP contribution in [0.2, 0.25) is 0 Å². The summed E-state index contributed by atoms with van der Waals surface area (Å²) in [6.45, 7) is 6.25. The molecule has 0 aromatic heterocycles. The first-order valence-corrected chi connectivity index (χ1v) is 7.81. The van der Waals surface area contributed by atoms with Gasteiger partial charge in [0.2, 0.25) is 0 Å². The van der Waals surface area contributed by atoms with Gasteiger partial charge in [-0.15, -0.1) is 0 Å². The van der Waals surface area contributed by atoms with E-state index in [0.717, 1.165) is 44.8 Å². The summed E-state index contributed by atoms with van der Waals surface area (Å²) in [5.74, 6) is 1.69. The van der Waals surface area contributed by atoms with E-state index < -0.39 is 0 Å². The molecule has 1 unspecified atom stereocenters. The zero-order chi connectivity index (χ0) is 12.5. The minimum atomic E-state index is 0.759. The third-order valence-electron chi connectivity index (χ3n) is 4.24. The molecule has 0 spiro atoms. The first-order valence-electron chi connectivity index (χ1n) is 7.81. The summed E-state index contributed by atoms with van der Waals surface area (Å²) >= 11 is 0. The lowest BCUT2D eigenvalue weighted by atomic mass is 9.94. The van der Waals surface area contributed by atoms with Crippen LogP contribution in [0.4, 0.5) is 0 Å². The van der Waals surface area contributed by atoms with E-state index in [1.807, 2.05) is 0 Å². The number of nitrogens with one attached hydrogen (secondary N) is 1. The summed E-state index contributed by atoms with van der Waals surface area (Å²) in [6, 6.07) is 0. The second-order valence-electron chi connectivity index (χ2n) is 5.84. The summed E-state index contributed by atoms with van der Waals surface area (Å²) in [6.07, 6.45) is 9.26. The molecule has 0 aromatic rings. The summed E-state index contributed by atoms with van der Waals surface area (Å²) in [5.41, 5.74) is 0. The Morgan fingerprint density at radius 1 is 0.889 bits per heavy atom. The second-order valence-corrected chi connectivity index (χ2v) is 5.84. The van der Waals surface area contributed by atoms with Gasteiger partial charge in [0.1, 0.15) is 0 Å². The van der Waals surface area contributed by atoms with E-state index in [0.29, 0.717) is 0 Å². The van der Waals surface area contributed by atoms with Crippen molar-refractivity contribution in [2.45, 2.75) is 44.9 Å². The largest absolute Gasteiger partial charge is 0.381 e. The minimum absolute atomic E-state index is 0.759. The summed E-state index contributed by atoms with van der Waals surface area (Å²) < 4.78 is 10.9. The number of rotatable bonds is 7. The Kier molecular flexibility index (Phi) is 7.06. The molecule has 0 bridgehead atoms. The predicted molar refractivity (Wildman–Crippen MR) is 73.8 cm³/mol. The molecule has 0 amide bonds. The fourth-order valence-electron chi connectivity index (χ4n) is 2.99.